The number of hydrogen-bond donors (Lipinski definition) is 0. The predicted molar refractivity (Wildman–Crippen MR) is 305 cm³/mol. The SMILES string of the molecule is CC(C)(C)c1ccc2c(c1)=c1ccc3c4ccc5c6c(ccc(c7ccc=2c1c73)c46)c1c(-c2ccccc2)c2cc3c4cc(C(C)(C)C)cc6cc(C(C)(C)C)cc(c64)c3c3c4ccccc4c(c51)c23. The highest BCUT2D eigenvalue weighted by molar-refractivity contribution is 6.54. The van der Waals surface area contributed by atoms with Gasteiger partial charge in [0.1, 0.15) is 0 Å². The van der Waals surface area contributed by atoms with Crippen molar-refractivity contribution in [3.8, 4) is 11.1 Å². The lowest BCUT2D eigenvalue weighted by atomic mass is 9.82. The van der Waals surface area contributed by atoms with Crippen molar-refractivity contribution in [2.45, 2.75) is 78.6 Å². The highest BCUT2D eigenvalue weighted by Crippen LogP contribution is 2.58. The van der Waals surface area contributed by atoms with Crippen molar-refractivity contribution >= 4 is 129 Å². The highest BCUT2D eigenvalue weighted by atomic mass is 14.3. The highest BCUT2D eigenvalue weighted by Gasteiger charge is 2.31. The van der Waals surface area contributed by atoms with Gasteiger partial charge in [-0.3, -0.25) is 0 Å². The van der Waals surface area contributed by atoms with Crippen molar-refractivity contribution in [2.24, 2.45) is 0 Å². The Bertz CT molecular complexity index is 5040. The number of benzene rings is 12. The maximum atomic E-state index is 2.63. The summed E-state index contributed by atoms with van der Waals surface area (Å²) in [5, 5.41) is 38.5. The molecule has 16 rings (SSSR count). The molecule has 15 aromatic carbocycles. The van der Waals surface area contributed by atoms with E-state index < -0.39 is 0 Å². The van der Waals surface area contributed by atoms with Gasteiger partial charge in [-0.05, 0) is 218 Å². The van der Waals surface area contributed by atoms with Crippen LogP contribution in [0.4, 0.5) is 0 Å². The molecule has 0 N–H and O–H groups in total. The fraction of sp³-hybridized carbons (Fsp3) is 0.171. The maximum absolute atomic E-state index is 2.63. The Kier molecular flexibility index (Phi) is 6.98. The number of rotatable bonds is 1. The largest absolute Gasteiger partial charge is 0.0622 e. The van der Waals surface area contributed by atoms with Gasteiger partial charge in [0, 0.05) is 0 Å². The van der Waals surface area contributed by atoms with E-state index in [1.54, 1.807) is 0 Å². The summed E-state index contributed by atoms with van der Waals surface area (Å²) in [4.78, 5) is 0. The van der Waals surface area contributed by atoms with Gasteiger partial charge in [-0.15, -0.1) is 0 Å². The van der Waals surface area contributed by atoms with Gasteiger partial charge in [-0.1, -0.05) is 190 Å². The number of hydrogen-bond acceptors (Lipinski definition) is 0. The van der Waals surface area contributed by atoms with Gasteiger partial charge in [-0.25, -0.2) is 0 Å². The molecule has 0 bridgehead atoms. The predicted octanol–water partition coefficient (Wildman–Crippen LogP) is 19.7. The Morgan fingerprint density at radius 2 is 0.657 bits per heavy atom. The second-order valence-electron chi connectivity index (χ2n) is 24.3. The summed E-state index contributed by atoms with van der Waals surface area (Å²) >= 11 is 0. The van der Waals surface area contributed by atoms with Crippen molar-refractivity contribution in [2.75, 3.05) is 0 Å². The summed E-state index contributed by atoms with van der Waals surface area (Å²) < 4.78 is 0. The molecule has 0 atom stereocenters. The molecule has 0 unspecified atom stereocenters. The van der Waals surface area contributed by atoms with Gasteiger partial charge >= 0.3 is 0 Å². The average molecular weight is 893 g/mol. The van der Waals surface area contributed by atoms with Crippen LogP contribution in [0.1, 0.15) is 79.0 Å². The average Bonchev–Trinajstić information content (AvgIpc) is 4.06. The minimum atomic E-state index is -0.00833. The zero-order chi connectivity index (χ0) is 47.2. The minimum absolute atomic E-state index is 0.00648. The van der Waals surface area contributed by atoms with E-state index in [0.29, 0.717) is 0 Å². The van der Waals surface area contributed by atoms with Crippen molar-refractivity contribution in [3.05, 3.63) is 189 Å². The normalized spacial score (nSPS) is 13.8. The molecule has 0 saturated carbocycles. The Balaban J connectivity index is 1.14. The van der Waals surface area contributed by atoms with Crippen LogP contribution in [-0.4, -0.2) is 0 Å². The topological polar surface area (TPSA) is 0 Å². The molecule has 0 aromatic heterocycles. The lowest BCUT2D eigenvalue weighted by Crippen LogP contribution is -2.12. The molecule has 0 heteroatoms. The monoisotopic (exact) mass is 892 g/mol. The zero-order valence-electron chi connectivity index (χ0n) is 41.4. The van der Waals surface area contributed by atoms with Gasteiger partial charge in [0.15, 0.2) is 0 Å². The molecule has 0 aliphatic heterocycles. The van der Waals surface area contributed by atoms with E-state index in [0.717, 1.165) is 0 Å². The van der Waals surface area contributed by atoms with Crippen LogP contribution in [0.25, 0.3) is 140 Å². The van der Waals surface area contributed by atoms with E-state index in [2.05, 4.69) is 214 Å². The summed E-state index contributed by atoms with van der Waals surface area (Å²) in [5.41, 5.74) is 6.84. The Morgan fingerprint density at radius 3 is 1.29 bits per heavy atom. The molecular formula is C70H52. The van der Waals surface area contributed by atoms with E-state index in [1.165, 1.54) is 178 Å². The first-order valence-electron chi connectivity index (χ1n) is 25.5. The lowest BCUT2D eigenvalue weighted by molar-refractivity contribution is 0.589. The van der Waals surface area contributed by atoms with Gasteiger partial charge in [0.2, 0.25) is 0 Å². The van der Waals surface area contributed by atoms with Crippen LogP contribution < -0.4 is 0 Å². The summed E-state index contributed by atoms with van der Waals surface area (Å²) in [6.07, 6.45) is 0. The van der Waals surface area contributed by atoms with Crippen LogP contribution in [0.5, 0.6) is 0 Å². The standard InChI is InChI=1S/C70H52/c1-68(2,3)37-19-20-40-43-21-22-44-46-25-27-49-61-50(28-26-47(60(46)61)45-23-24-48(51(40)31-37)58(43)59(44)45)66-64-42-18-14-13-17-41(42)63-62-53(34-55(67(63)64)57(65(49)66)35-15-11-10-12-16-35)52-32-38(69(4,5)6)29-36-30-39(70(7,8)9)33-54(62)56(36)52/h10-34H,1-9H3. The second-order valence-corrected chi connectivity index (χ2v) is 24.3. The molecule has 0 heterocycles. The third-order valence-corrected chi connectivity index (χ3v) is 17.4. The van der Waals surface area contributed by atoms with E-state index in [1.807, 2.05) is 0 Å². The van der Waals surface area contributed by atoms with Crippen molar-refractivity contribution in [1.29, 1.82) is 0 Å². The first-order valence-corrected chi connectivity index (χ1v) is 25.5. The molecule has 0 spiro atoms. The van der Waals surface area contributed by atoms with Crippen LogP contribution in [0.15, 0.2) is 152 Å². The molecule has 0 amide bonds. The van der Waals surface area contributed by atoms with E-state index in [9.17, 15) is 0 Å². The molecule has 70 heavy (non-hydrogen) atoms. The van der Waals surface area contributed by atoms with Crippen LogP contribution in [0.2, 0.25) is 0 Å². The van der Waals surface area contributed by atoms with E-state index in [-0.39, 0.29) is 16.2 Å². The van der Waals surface area contributed by atoms with Crippen molar-refractivity contribution in [1.82, 2.24) is 0 Å². The van der Waals surface area contributed by atoms with Crippen LogP contribution in [0, 0.1) is 20.9 Å². The molecule has 0 nitrogen and oxygen atoms in total. The molecule has 1 aliphatic rings. The quantitative estimate of drug-likeness (QED) is 0.114. The van der Waals surface area contributed by atoms with Crippen molar-refractivity contribution in [3.63, 3.8) is 0 Å². The van der Waals surface area contributed by atoms with Gasteiger partial charge < -0.3 is 0 Å². The summed E-state index contributed by atoms with van der Waals surface area (Å²) in [7, 11) is 0. The van der Waals surface area contributed by atoms with Gasteiger partial charge in [-0.2, -0.15) is 0 Å². The molecular weight excluding hydrogens is 841 g/mol. The summed E-state index contributed by atoms with van der Waals surface area (Å²) in [5.74, 6) is 0. The molecule has 0 saturated heterocycles. The molecule has 0 fully saturated rings. The Hall–Kier alpha value is -7.54. The van der Waals surface area contributed by atoms with Crippen LogP contribution in [0.3, 0.4) is 0 Å². The first-order chi connectivity index (χ1) is 33.6. The smallest absolute Gasteiger partial charge is 0.000674 e. The van der Waals surface area contributed by atoms with Crippen LogP contribution in [-0.2, 0) is 16.2 Å². The summed E-state index contributed by atoms with van der Waals surface area (Å²) in [6.45, 7) is 21.2. The minimum Gasteiger partial charge on any atom is -0.0622 e. The van der Waals surface area contributed by atoms with Gasteiger partial charge in [0.05, 0.1) is 0 Å². The number of fused-ring (bicyclic) bond motifs is 14. The zero-order valence-corrected chi connectivity index (χ0v) is 41.4. The van der Waals surface area contributed by atoms with E-state index >= 15 is 0 Å². The fourth-order valence-electron chi connectivity index (χ4n) is 14.1. The molecule has 15 aromatic rings. The lowest BCUT2D eigenvalue weighted by Gasteiger charge is -2.22. The third kappa shape index (κ3) is 4.65. The first kappa shape index (κ1) is 39.3. The van der Waals surface area contributed by atoms with Crippen LogP contribution >= 0.6 is 0 Å². The van der Waals surface area contributed by atoms with Gasteiger partial charge in [0.25, 0.3) is 0 Å². The van der Waals surface area contributed by atoms with Crippen molar-refractivity contribution < 1.29 is 0 Å². The maximum Gasteiger partial charge on any atom is -0.000674 e. The molecule has 1 aliphatic carbocycles. The van der Waals surface area contributed by atoms with E-state index in [4.69, 9.17) is 0 Å². The Labute approximate surface area is 406 Å². The summed E-state index contributed by atoms with van der Waals surface area (Å²) in [6, 6.07) is 60.3. The Morgan fingerprint density at radius 1 is 0.229 bits per heavy atom. The second kappa shape index (κ2) is 12.4. The third-order valence-electron chi connectivity index (χ3n) is 17.4. The molecule has 0 radical (unpaired) electrons. The molecule has 332 valence electrons. The fourth-order valence-corrected chi connectivity index (χ4v) is 14.1.